The van der Waals surface area contributed by atoms with Gasteiger partial charge in [-0.3, -0.25) is 9.59 Å². The third-order valence-electron chi connectivity index (χ3n) is 4.06. The number of nitrogen functional groups attached to an aromatic ring is 1. The molecule has 0 saturated carbocycles. The lowest BCUT2D eigenvalue weighted by atomic mass is 10.1. The predicted molar refractivity (Wildman–Crippen MR) is 109 cm³/mol. The second kappa shape index (κ2) is 8.92. The van der Waals surface area contributed by atoms with Gasteiger partial charge in [-0.15, -0.1) is 12.4 Å². The molecule has 7 heteroatoms. The number of hydrogen-bond donors (Lipinski definition) is 2. The number of nitrogens with zero attached hydrogens (tertiary/aromatic N) is 1. The van der Waals surface area contributed by atoms with Crippen molar-refractivity contribution < 1.29 is 9.59 Å². The molecule has 0 fully saturated rings. The van der Waals surface area contributed by atoms with E-state index < -0.39 is 0 Å². The quantitative estimate of drug-likeness (QED) is 0.753. The van der Waals surface area contributed by atoms with E-state index in [0.29, 0.717) is 27.5 Å². The number of carbonyl (C=O) groups excluding carboxylic acids is 2. The fourth-order valence-electron chi connectivity index (χ4n) is 2.27. The lowest BCUT2D eigenvalue weighted by molar-refractivity contribution is 0.0754. The van der Waals surface area contributed by atoms with Crippen LogP contribution in [0.2, 0.25) is 5.02 Å². The third-order valence-corrected chi connectivity index (χ3v) is 4.39. The van der Waals surface area contributed by atoms with Gasteiger partial charge in [-0.05, 0) is 56.7 Å². The molecule has 0 bridgehead atoms. The third kappa shape index (κ3) is 4.90. The van der Waals surface area contributed by atoms with Crippen LogP contribution in [-0.2, 0) is 0 Å². The van der Waals surface area contributed by atoms with Crippen molar-refractivity contribution in [1.82, 2.24) is 4.90 Å². The summed E-state index contributed by atoms with van der Waals surface area (Å²) in [4.78, 5) is 26.6. The fourth-order valence-corrected chi connectivity index (χ4v) is 2.43. The highest BCUT2D eigenvalue weighted by Crippen LogP contribution is 2.25. The molecule has 2 aromatic carbocycles. The van der Waals surface area contributed by atoms with Crippen molar-refractivity contribution in [1.29, 1.82) is 0 Å². The SMILES string of the molecule is Cc1ccc(N)cc1C(=O)Nc1cc(C(=O)N(C)C(C)C)ccc1Cl.Cl. The largest absolute Gasteiger partial charge is 0.399 e. The van der Waals surface area contributed by atoms with Crippen LogP contribution in [0, 0.1) is 6.92 Å². The molecular weight excluding hydrogens is 373 g/mol. The maximum absolute atomic E-state index is 12.5. The Bertz CT molecular complexity index is 822. The normalized spacial score (nSPS) is 10.2. The number of anilines is 2. The summed E-state index contributed by atoms with van der Waals surface area (Å²) in [7, 11) is 1.73. The highest BCUT2D eigenvalue weighted by Gasteiger charge is 2.17. The average Bonchev–Trinajstić information content (AvgIpc) is 2.57. The van der Waals surface area contributed by atoms with Crippen molar-refractivity contribution in [3.8, 4) is 0 Å². The Hall–Kier alpha value is -2.24. The van der Waals surface area contributed by atoms with Gasteiger partial charge in [-0.25, -0.2) is 0 Å². The van der Waals surface area contributed by atoms with Gasteiger partial charge in [0.25, 0.3) is 11.8 Å². The van der Waals surface area contributed by atoms with Crippen molar-refractivity contribution in [3.05, 3.63) is 58.1 Å². The van der Waals surface area contributed by atoms with E-state index in [1.54, 1.807) is 48.3 Å². The second-order valence-electron chi connectivity index (χ2n) is 6.23. The van der Waals surface area contributed by atoms with E-state index in [4.69, 9.17) is 17.3 Å². The van der Waals surface area contributed by atoms with Gasteiger partial charge < -0.3 is 16.0 Å². The molecule has 0 aliphatic heterocycles. The predicted octanol–water partition coefficient (Wildman–Crippen LogP) is 4.39. The van der Waals surface area contributed by atoms with E-state index >= 15 is 0 Å². The maximum atomic E-state index is 12.5. The zero-order chi connectivity index (χ0) is 18.7. The number of halogens is 2. The monoisotopic (exact) mass is 395 g/mol. The van der Waals surface area contributed by atoms with Gasteiger partial charge in [0.1, 0.15) is 0 Å². The number of nitrogens with one attached hydrogen (secondary N) is 1. The molecule has 0 radical (unpaired) electrons. The molecule has 2 rings (SSSR count). The minimum atomic E-state index is -0.325. The summed E-state index contributed by atoms with van der Waals surface area (Å²) in [5, 5.41) is 3.12. The molecule has 2 aromatic rings. The molecule has 0 aliphatic carbocycles. The average molecular weight is 396 g/mol. The summed E-state index contributed by atoms with van der Waals surface area (Å²) in [5.74, 6) is -0.462. The fraction of sp³-hybridized carbons (Fsp3) is 0.263. The second-order valence-corrected chi connectivity index (χ2v) is 6.64. The molecular formula is C19H23Cl2N3O2. The van der Waals surface area contributed by atoms with E-state index in [2.05, 4.69) is 5.32 Å². The van der Waals surface area contributed by atoms with Crippen molar-refractivity contribution in [2.75, 3.05) is 18.1 Å². The first-order valence-electron chi connectivity index (χ1n) is 7.95. The highest BCUT2D eigenvalue weighted by molar-refractivity contribution is 6.34. The lowest BCUT2D eigenvalue weighted by Crippen LogP contribution is -2.33. The van der Waals surface area contributed by atoms with Crippen molar-refractivity contribution >= 4 is 47.2 Å². The molecule has 0 atom stereocenters. The highest BCUT2D eigenvalue weighted by atomic mass is 35.5. The Kier molecular flexibility index (Phi) is 7.48. The first-order chi connectivity index (χ1) is 11.7. The Morgan fingerprint density at radius 1 is 1.15 bits per heavy atom. The molecule has 0 spiro atoms. The molecule has 0 heterocycles. The van der Waals surface area contributed by atoms with Crippen LogP contribution >= 0.6 is 24.0 Å². The number of benzene rings is 2. The lowest BCUT2D eigenvalue weighted by Gasteiger charge is -2.22. The van der Waals surface area contributed by atoms with E-state index in [1.807, 2.05) is 20.8 Å². The van der Waals surface area contributed by atoms with Crippen LogP contribution in [0.15, 0.2) is 36.4 Å². The van der Waals surface area contributed by atoms with Crippen molar-refractivity contribution in [2.24, 2.45) is 0 Å². The molecule has 140 valence electrons. The molecule has 2 amide bonds. The van der Waals surface area contributed by atoms with Gasteiger partial charge in [0.2, 0.25) is 0 Å². The Labute approximate surface area is 164 Å². The maximum Gasteiger partial charge on any atom is 0.256 e. The van der Waals surface area contributed by atoms with Gasteiger partial charge in [0.05, 0.1) is 10.7 Å². The summed E-state index contributed by atoms with van der Waals surface area (Å²) in [6.07, 6.45) is 0. The summed E-state index contributed by atoms with van der Waals surface area (Å²) >= 11 is 6.18. The Morgan fingerprint density at radius 3 is 2.42 bits per heavy atom. The van der Waals surface area contributed by atoms with Gasteiger partial charge in [0.15, 0.2) is 0 Å². The minimum absolute atomic E-state index is 0. The Balaban J connectivity index is 0.00000338. The van der Waals surface area contributed by atoms with Gasteiger partial charge in [-0.2, -0.15) is 0 Å². The van der Waals surface area contributed by atoms with Gasteiger partial charge in [-0.1, -0.05) is 17.7 Å². The zero-order valence-corrected chi connectivity index (χ0v) is 16.7. The number of rotatable bonds is 4. The minimum Gasteiger partial charge on any atom is -0.399 e. The van der Waals surface area contributed by atoms with Crippen LogP contribution in [0.4, 0.5) is 11.4 Å². The summed E-state index contributed by atoms with van der Waals surface area (Å²) < 4.78 is 0. The van der Waals surface area contributed by atoms with E-state index in [1.165, 1.54) is 0 Å². The Morgan fingerprint density at radius 2 is 1.81 bits per heavy atom. The molecule has 26 heavy (non-hydrogen) atoms. The summed E-state index contributed by atoms with van der Waals surface area (Å²) in [5.41, 5.74) is 8.37. The van der Waals surface area contributed by atoms with Crippen LogP contribution < -0.4 is 11.1 Å². The first kappa shape index (κ1) is 21.8. The van der Waals surface area contributed by atoms with Crippen molar-refractivity contribution in [3.63, 3.8) is 0 Å². The van der Waals surface area contributed by atoms with Gasteiger partial charge in [0, 0.05) is 29.9 Å². The van der Waals surface area contributed by atoms with Crippen molar-refractivity contribution in [2.45, 2.75) is 26.8 Å². The number of nitrogens with two attached hydrogens (primary N) is 1. The van der Waals surface area contributed by atoms with Crippen LogP contribution in [-0.4, -0.2) is 29.8 Å². The van der Waals surface area contributed by atoms with Crippen LogP contribution in [0.1, 0.15) is 40.1 Å². The zero-order valence-electron chi connectivity index (χ0n) is 15.2. The molecule has 0 unspecified atom stereocenters. The van der Waals surface area contributed by atoms with Crippen LogP contribution in [0.25, 0.3) is 0 Å². The van der Waals surface area contributed by atoms with Crippen LogP contribution in [0.3, 0.4) is 0 Å². The molecule has 0 aliphatic rings. The molecule has 5 nitrogen and oxygen atoms in total. The van der Waals surface area contributed by atoms with E-state index in [9.17, 15) is 9.59 Å². The topological polar surface area (TPSA) is 75.4 Å². The standard InChI is InChI=1S/C19H22ClN3O2.ClH/c1-11(2)23(4)19(25)13-6-8-16(20)17(9-13)22-18(24)15-10-14(21)7-5-12(15)3;/h5-11H,21H2,1-4H3,(H,22,24);1H. The smallest absolute Gasteiger partial charge is 0.256 e. The van der Waals surface area contributed by atoms with Crippen LogP contribution in [0.5, 0.6) is 0 Å². The first-order valence-corrected chi connectivity index (χ1v) is 8.32. The van der Waals surface area contributed by atoms with E-state index in [-0.39, 0.29) is 30.3 Å². The number of amides is 2. The van der Waals surface area contributed by atoms with Gasteiger partial charge >= 0.3 is 0 Å². The molecule has 0 saturated heterocycles. The number of carbonyl (C=O) groups is 2. The molecule has 0 aromatic heterocycles. The molecule has 3 N–H and O–H groups in total. The van der Waals surface area contributed by atoms with E-state index in [0.717, 1.165) is 5.56 Å². The summed E-state index contributed by atoms with van der Waals surface area (Å²) in [6, 6.07) is 10.0. The number of hydrogen-bond acceptors (Lipinski definition) is 3. The number of aryl methyl sites for hydroxylation is 1. The summed E-state index contributed by atoms with van der Waals surface area (Å²) in [6.45, 7) is 5.69.